The fourth-order valence-corrected chi connectivity index (χ4v) is 0.920. The zero-order valence-electron chi connectivity index (χ0n) is 8.94. The summed E-state index contributed by atoms with van der Waals surface area (Å²) in [4.78, 5) is 7.06. The molecular formula is C10H15FN2O2. The van der Waals surface area contributed by atoms with E-state index in [0.717, 1.165) is 12.4 Å². The summed E-state index contributed by atoms with van der Waals surface area (Å²) in [6.07, 6.45) is 1.12. The molecule has 0 bridgehead atoms. The van der Waals surface area contributed by atoms with Crippen molar-refractivity contribution in [3.8, 4) is 5.88 Å². The van der Waals surface area contributed by atoms with Crippen molar-refractivity contribution in [2.24, 2.45) is 5.92 Å². The number of hydrogen-bond acceptors (Lipinski definition) is 4. The molecule has 0 amide bonds. The largest absolute Gasteiger partial charge is 0.475 e. The Morgan fingerprint density at radius 1 is 1.33 bits per heavy atom. The van der Waals surface area contributed by atoms with Crippen LogP contribution in [0.15, 0.2) is 12.4 Å². The summed E-state index contributed by atoms with van der Waals surface area (Å²) >= 11 is 0. The van der Waals surface area contributed by atoms with Gasteiger partial charge >= 0.3 is 0 Å². The number of nitrogens with zero attached hydrogens (tertiary/aromatic N) is 2. The lowest BCUT2D eigenvalue weighted by Gasteiger charge is -2.07. The van der Waals surface area contributed by atoms with E-state index in [2.05, 4.69) is 23.8 Å². The van der Waals surface area contributed by atoms with Gasteiger partial charge in [-0.1, -0.05) is 13.8 Å². The summed E-state index contributed by atoms with van der Waals surface area (Å²) in [6, 6.07) is 1.14. The first-order valence-corrected chi connectivity index (χ1v) is 4.86. The molecule has 0 aliphatic carbocycles. The molecule has 1 heterocycles. The molecule has 0 radical (unpaired) electrons. The van der Waals surface area contributed by atoms with Crippen molar-refractivity contribution in [1.82, 2.24) is 9.97 Å². The van der Waals surface area contributed by atoms with Crippen LogP contribution in [0.25, 0.3) is 0 Å². The molecule has 0 unspecified atom stereocenters. The van der Waals surface area contributed by atoms with Gasteiger partial charge in [0.15, 0.2) is 0 Å². The third kappa shape index (κ3) is 5.27. The lowest BCUT2D eigenvalue weighted by atomic mass is 10.2. The van der Waals surface area contributed by atoms with Crippen LogP contribution in [-0.4, -0.2) is 29.8 Å². The maximum Gasteiger partial charge on any atom is 0.219 e. The van der Waals surface area contributed by atoms with Crippen LogP contribution in [0.3, 0.4) is 0 Å². The van der Waals surface area contributed by atoms with E-state index in [9.17, 15) is 4.39 Å². The van der Waals surface area contributed by atoms with E-state index in [1.165, 1.54) is 0 Å². The van der Waals surface area contributed by atoms with E-state index in [4.69, 9.17) is 9.47 Å². The van der Waals surface area contributed by atoms with Gasteiger partial charge in [0.25, 0.3) is 0 Å². The second-order valence-corrected chi connectivity index (χ2v) is 3.50. The van der Waals surface area contributed by atoms with Gasteiger partial charge in [0, 0.05) is 6.61 Å². The Morgan fingerprint density at radius 2 is 2.13 bits per heavy atom. The van der Waals surface area contributed by atoms with Gasteiger partial charge in [-0.3, -0.25) is 0 Å². The third-order valence-electron chi connectivity index (χ3n) is 1.54. The summed E-state index contributed by atoms with van der Waals surface area (Å²) in [6.45, 7) is 5.68. The summed E-state index contributed by atoms with van der Waals surface area (Å²) in [5.41, 5.74) is 0. The van der Waals surface area contributed by atoms with Crippen molar-refractivity contribution in [1.29, 1.82) is 0 Å². The Bertz CT molecular complexity index is 295. The molecule has 0 atom stereocenters. The number of halogens is 1. The predicted octanol–water partition coefficient (Wildman–Crippen LogP) is 1.67. The standard InChI is InChI=1S/C10H15FN2O2/c1-8(2)6-14-3-4-15-10-5-9(11)12-7-13-10/h5,7-8H,3-4,6H2,1-2H3. The lowest BCUT2D eigenvalue weighted by molar-refractivity contribution is 0.0804. The Labute approximate surface area is 88.5 Å². The monoisotopic (exact) mass is 214 g/mol. The Morgan fingerprint density at radius 3 is 2.80 bits per heavy atom. The lowest BCUT2D eigenvalue weighted by Crippen LogP contribution is -2.10. The molecule has 84 valence electrons. The van der Waals surface area contributed by atoms with Crippen LogP contribution in [0.4, 0.5) is 4.39 Å². The topological polar surface area (TPSA) is 44.2 Å². The smallest absolute Gasteiger partial charge is 0.219 e. The van der Waals surface area contributed by atoms with E-state index >= 15 is 0 Å². The quantitative estimate of drug-likeness (QED) is 0.533. The van der Waals surface area contributed by atoms with E-state index in [1.54, 1.807) is 0 Å². The zero-order chi connectivity index (χ0) is 11.1. The van der Waals surface area contributed by atoms with Gasteiger partial charge in [-0.25, -0.2) is 9.97 Å². The highest BCUT2D eigenvalue weighted by Crippen LogP contribution is 2.04. The van der Waals surface area contributed by atoms with Gasteiger partial charge in [0.05, 0.1) is 12.7 Å². The van der Waals surface area contributed by atoms with E-state index in [1.807, 2.05) is 0 Å². The van der Waals surface area contributed by atoms with Gasteiger partial charge < -0.3 is 9.47 Å². The van der Waals surface area contributed by atoms with Crippen molar-refractivity contribution in [3.63, 3.8) is 0 Å². The second kappa shape index (κ2) is 6.29. The molecule has 1 rings (SSSR count). The van der Waals surface area contributed by atoms with Crippen LogP contribution in [0.1, 0.15) is 13.8 Å². The Hall–Kier alpha value is -1.23. The first-order valence-electron chi connectivity index (χ1n) is 4.86. The molecule has 0 N–H and O–H groups in total. The first kappa shape index (κ1) is 11.8. The third-order valence-corrected chi connectivity index (χ3v) is 1.54. The molecule has 0 aromatic carbocycles. The molecule has 0 aliphatic rings. The minimum absolute atomic E-state index is 0.232. The SMILES string of the molecule is CC(C)COCCOc1cc(F)ncn1. The average molecular weight is 214 g/mol. The van der Waals surface area contributed by atoms with Crippen molar-refractivity contribution >= 4 is 0 Å². The highest BCUT2D eigenvalue weighted by atomic mass is 19.1. The Kier molecular flexibility index (Phi) is 4.97. The van der Waals surface area contributed by atoms with Crippen molar-refractivity contribution in [2.45, 2.75) is 13.8 Å². The maximum atomic E-state index is 12.6. The van der Waals surface area contributed by atoms with Crippen LogP contribution in [-0.2, 0) is 4.74 Å². The van der Waals surface area contributed by atoms with Gasteiger partial charge in [0.1, 0.15) is 12.9 Å². The first-order chi connectivity index (χ1) is 7.18. The molecule has 0 spiro atoms. The molecule has 1 aromatic rings. The number of aromatic nitrogens is 2. The predicted molar refractivity (Wildman–Crippen MR) is 53.1 cm³/mol. The summed E-state index contributed by atoms with van der Waals surface area (Å²) < 4.78 is 23.0. The average Bonchev–Trinajstić information content (AvgIpc) is 2.17. The molecule has 15 heavy (non-hydrogen) atoms. The van der Waals surface area contributed by atoms with Crippen LogP contribution in [0, 0.1) is 11.9 Å². The molecule has 0 saturated heterocycles. The number of rotatable bonds is 6. The minimum Gasteiger partial charge on any atom is -0.475 e. The summed E-state index contributed by atoms with van der Waals surface area (Å²) in [5, 5.41) is 0. The minimum atomic E-state index is -0.594. The van der Waals surface area contributed by atoms with E-state index in [-0.39, 0.29) is 5.88 Å². The van der Waals surface area contributed by atoms with Gasteiger partial charge in [-0.15, -0.1) is 0 Å². The summed E-state index contributed by atoms with van der Waals surface area (Å²) in [5.74, 6) is 0.139. The van der Waals surface area contributed by atoms with Crippen LogP contribution < -0.4 is 4.74 Å². The number of hydrogen-bond donors (Lipinski definition) is 0. The molecule has 4 nitrogen and oxygen atoms in total. The molecule has 1 aromatic heterocycles. The maximum absolute atomic E-state index is 12.6. The van der Waals surface area contributed by atoms with Gasteiger partial charge in [-0.2, -0.15) is 4.39 Å². The van der Waals surface area contributed by atoms with Gasteiger partial charge in [0.2, 0.25) is 11.8 Å². The van der Waals surface area contributed by atoms with Crippen molar-refractivity contribution in [2.75, 3.05) is 19.8 Å². The molecule has 0 fully saturated rings. The molecule has 0 aliphatic heterocycles. The number of ether oxygens (including phenoxy) is 2. The molecule has 0 saturated carbocycles. The molecular weight excluding hydrogens is 199 g/mol. The van der Waals surface area contributed by atoms with Gasteiger partial charge in [-0.05, 0) is 5.92 Å². The van der Waals surface area contributed by atoms with Crippen LogP contribution >= 0.6 is 0 Å². The highest BCUT2D eigenvalue weighted by molar-refractivity contribution is 5.05. The van der Waals surface area contributed by atoms with Crippen LogP contribution in [0.2, 0.25) is 0 Å². The van der Waals surface area contributed by atoms with Crippen molar-refractivity contribution < 1.29 is 13.9 Å². The van der Waals surface area contributed by atoms with E-state index < -0.39 is 5.95 Å². The molecule has 5 heteroatoms. The zero-order valence-corrected chi connectivity index (χ0v) is 8.94. The van der Waals surface area contributed by atoms with Crippen LogP contribution in [0.5, 0.6) is 5.88 Å². The fourth-order valence-electron chi connectivity index (χ4n) is 0.920. The Balaban J connectivity index is 2.15. The van der Waals surface area contributed by atoms with Crippen molar-refractivity contribution in [3.05, 3.63) is 18.3 Å². The normalized spacial score (nSPS) is 10.7. The fraction of sp³-hybridized carbons (Fsp3) is 0.600. The van der Waals surface area contributed by atoms with E-state index in [0.29, 0.717) is 25.7 Å². The highest BCUT2D eigenvalue weighted by Gasteiger charge is 1.98. The summed E-state index contributed by atoms with van der Waals surface area (Å²) in [7, 11) is 0. The second-order valence-electron chi connectivity index (χ2n) is 3.50.